The minimum absolute atomic E-state index is 0.672. The first-order chi connectivity index (χ1) is 11.6. The summed E-state index contributed by atoms with van der Waals surface area (Å²) in [5.74, 6) is 3.47. The van der Waals surface area contributed by atoms with Gasteiger partial charge in [-0.25, -0.2) is 0 Å². The lowest BCUT2D eigenvalue weighted by Gasteiger charge is -2.11. The fraction of sp³-hybridized carbons (Fsp3) is 0.333. The van der Waals surface area contributed by atoms with Crippen molar-refractivity contribution in [3.8, 4) is 23.0 Å². The van der Waals surface area contributed by atoms with Crippen molar-refractivity contribution in [3.05, 3.63) is 43.5 Å². The summed E-state index contributed by atoms with van der Waals surface area (Å²) in [6.45, 7) is 1.34. The predicted molar refractivity (Wildman–Crippen MR) is 112 cm³/mol. The molecular weight excluding hydrogens is 534 g/mol. The van der Waals surface area contributed by atoms with E-state index in [2.05, 4.69) is 45.2 Å². The van der Waals surface area contributed by atoms with Crippen molar-refractivity contribution < 1.29 is 18.9 Å². The lowest BCUT2D eigenvalue weighted by Crippen LogP contribution is -2.04. The van der Waals surface area contributed by atoms with E-state index in [4.69, 9.17) is 18.9 Å². The van der Waals surface area contributed by atoms with Crippen molar-refractivity contribution >= 4 is 45.2 Å². The minimum atomic E-state index is 0.672. The molecule has 2 aromatic rings. The molecule has 0 N–H and O–H groups in total. The molecule has 2 rings (SSSR count). The summed E-state index contributed by atoms with van der Waals surface area (Å²) >= 11 is 4.51. The zero-order valence-corrected chi connectivity index (χ0v) is 18.0. The van der Waals surface area contributed by atoms with Gasteiger partial charge in [0, 0.05) is 0 Å². The Hall–Kier alpha value is -0.900. The van der Waals surface area contributed by atoms with Crippen LogP contribution in [0.15, 0.2) is 36.4 Å². The first-order valence-electron chi connectivity index (χ1n) is 7.56. The standard InChI is InChI=1S/C18H20I2O4/c1-21-13-5-7-17(15(19)11-13)23-9-3-4-10-24-18-8-6-14(22-2)12-16(18)20/h5-8,11-12H,3-4,9-10H2,1-2H3. The van der Waals surface area contributed by atoms with E-state index in [1.165, 1.54) is 0 Å². The molecule has 6 heteroatoms. The Kier molecular flexibility index (Phi) is 8.23. The zero-order chi connectivity index (χ0) is 17.4. The normalized spacial score (nSPS) is 10.3. The van der Waals surface area contributed by atoms with Gasteiger partial charge in [0.1, 0.15) is 23.0 Å². The fourth-order valence-corrected chi connectivity index (χ4v) is 3.30. The van der Waals surface area contributed by atoms with Crippen molar-refractivity contribution in [2.45, 2.75) is 12.8 Å². The number of benzene rings is 2. The molecule has 0 atom stereocenters. The van der Waals surface area contributed by atoms with Gasteiger partial charge in [-0.15, -0.1) is 0 Å². The van der Waals surface area contributed by atoms with E-state index in [9.17, 15) is 0 Å². The number of halogens is 2. The van der Waals surface area contributed by atoms with Crippen LogP contribution in [-0.2, 0) is 0 Å². The Morgan fingerprint density at radius 1 is 0.708 bits per heavy atom. The van der Waals surface area contributed by atoms with E-state index < -0.39 is 0 Å². The van der Waals surface area contributed by atoms with E-state index in [1.807, 2.05) is 36.4 Å². The van der Waals surface area contributed by atoms with Gasteiger partial charge in [0.25, 0.3) is 0 Å². The summed E-state index contributed by atoms with van der Waals surface area (Å²) in [6, 6.07) is 11.6. The van der Waals surface area contributed by atoms with Gasteiger partial charge in [-0.05, 0) is 94.4 Å². The molecule has 0 aromatic heterocycles. The smallest absolute Gasteiger partial charge is 0.132 e. The molecule has 130 valence electrons. The van der Waals surface area contributed by atoms with Crippen molar-refractivity contribution in [2.24, 2.45) is 0 Å². The molecule has 24 heavy (non-hydrogen) atoms. The van der Waals surface area contributed by atoms with Crippen LogP contribution in [-0.4, -0.2) is 27.4 Å². The van der Waals surface area contributed by atoms with Crippen molar-refractivity contribution in [1.82, 2.24) is 0 Å². The number of methoxy groups -OCH3 is 2. The Morgan fingerprint density at radius 2 is 1.12 bits per heavy atom. The van der Waals surface area contributed by atoms with E-state index in [0.717, 1.165) is 43.0 Å². The minimum Gasteiger partial charge on any atom is -0.497 e. The van der Waals surface area contributed by atoms with E-state index in [-0.39, 0.29) is 0 Å². The number of unbranched alkanes of at least 4 members (excludes halogenated alkanes) is 1. The number of ether oxygens (including phenoxy) is 4. The van der Waals surface area contributed by atoms with Gasteiger partial charge in [-0.1, -0.05) is 0 Å². The van der Waals surface area contributed by atoms with E-state index in [0.29, 0.717) is 13.2 Å². The molecule has 0 saturated heterocycles. The third kappa shape index (κ3) is 5.87. The Bertz CT molecular complexity index is 604. The molecule has 0 amide bonds. The van der Waals surface area contributed by atoms with Crippen LogP contribution in [0, 0.1) is 7.14 Å². The van der Waals surface area contributed by atoms with Crippen LogP contribution in [0.5, 0.6) is 23.0 Å². The van der Waals surface area contributed by atoms with Crippen molar-refractivity contribution in [3.63, 3.8) is 0 Å². The zero-order valence-electron chi connectivity index (χ0n) is 13.7. The van der Waals surface area contributed by atoms with Crippen LogP contribution in [0.2, 0.25) is 0 Å². The molecule has 2 aromatic carbocycles. The maximum atomic E-state index is 5.81. The molecule has 0 aliphatic heterocycles. The largest absolute Gasteiger partial charge is 0.497 e. The number of hydrogen-bond donors (Lipinski definition) is 0. The van der Waals surface area contributed by atoms with E-state index in [1.54, 1.807) is 14.2 Å². The molecule has 0 spiro atoms. The van der Waals surface area contributed by atoms with Crippen LogP contribution in [0.25, 0.3) is 0 Å². The highest BCUT2D eigenvalue weighted by atomic mass is 127. The second-order valence-corrected chi connectivity index (χ2v) is 7.32. The van der Waals surface area contributed by atoms with Crippen LogP contribution < -0.4 is 18.9 Å². The van der Waals surface area contributed by atoms with Crippen LogP contribution in [0.1, 0.15) is 12.8 Å². The number of hydrogen-bond acceptors (Lipinski definition) is 4. The van der Waals surface area contributed by atoms with Crippen molar-refractivity contribution in [1.29, 1.82) is 0 Å². The average molecular weight is 554 g/mol. The van der Waals surface area contributed by atoms with Crippen LogP contribution in [0.4, 0.5) is 0 Å². The van der Waals surface area contributed by atoms with Gasteiger partial charge in [0.05, 0.1) is 34.6 Å². The van der Waals surface area contributed by atoms with Gasteiger partial charge in [0.2, 0.25) is 0 Å². The Labute approximate surface area is 170 Å². The number of rotatable bonds is 9. The molecule has 0 bridgehead atoms. The SMILES string of the molecule is COc1ccc(OCCCCOc2ccc(OC)cc2I)c(I)c1. The summed E-state index contributed by atoms with van der Waals surface area (Å²) in [7, 11) is 3.33. The summed E-state index contributed by atoms with van der Waals surface area (Å²) in [5, 5.41) is 0. The summed E-state index contributed by atoms with van der Waals surface area (Å²) in [5.41, 5.74) is 0. The topological polar surface area (TPSA) is 36.9 Å². The Morgan fingerprint density at radius 3 is 1.46 bits per heavy atom. The molecule has 0 saturated carbocycles. The van der Waals surface area contributed by atoms with Gasteiger partial charge < -0.3 is 18.9 Å². The lowest BCUT2D eigenvalue weighted by molar-refractivity contribution is 0.264. The monoisotopic (exact) mass is 554 g/mol. The first kappa shape index (κ1) is 19.4. The van der Waals surface area contributed by atoms with Crippen LogP contribution in [0.3, 0.4) is 0 Å². The average Bonchev–Trinajstić information content (AvgIpc) is 2.60. The Balaban J connectivity index is 1.68. The predicted octanol–water partition coefficient (Wildman–Crippen LogP) is 5.15. The molecule has 0 heterocycles. The molecule has 0 aliphatic rings. The summed E-state index contributed by atoms with van der Waals surface area (Å²) < 4.78 is 24.1. The second kappa shape index (κ2) is 10.2. The fourth-order valence-electron chi connectivity index (χ4n) is 2.02. The maximum absolute atomic E-state index is 5.81. The van der Waals surface area contributed by atoms with Crippen LogP contribution >= 0.6 is 45.2 Å². The molecule has 0 fully saturated rings. The summed E-state index contributed by atoms with van der Waals surface area (Å²) in [6.07, 6.45) is 1.88. The molecule has 0 radical (unpaired) electrons. The van der Waals surface area contributed by atoms with E-state index >= 15 is 0 Å². The second-order valence-electron chi connectivity index (χ2n) is 5.00. The highest BCUT2D eigenvalue weighted by molar-refractivity contribution is 14.1. The quantitative estimate of drug-likeness (QED) is 0.318. The van der Waals surface area contributed by atoms with Gasteiger partial charge >= 0.3 is 0 Å². The molecule has 4 nitrogen and oxygen atoms in total. The third-order valence-corrected chi connectivity index (χ3v) is 5.02. The van der Waals surface area contributed by atoms with Gasteiger partial charge in [0.15, 0.2) is 0 Å². The van der Waals surface area contributed by atoms with Gasteiger partial charge in [-0.2, -0.15) is 0 Å². The lowest BCUT2D eigenvalue weighted by atomic mass is 10.3. The van der Waals surface area contributed by atoms with Gasteiger partial charge in [-0.3, -0.25) is 0 Å². The highest BCUT2D eigenvalue weighted by Crippen LogP contribution is 2.27. The van der Waals surface area contributed by atoms with Crippen molar-refractivity contribution in [2.75, 3.05) is 27.4 Å². The molecular formula is C18H20I2O4. The third-order valence-electron chi connectivity index (χ3n) is 3.33. The molecule has 0 aliphatic carbocycles. The summed E-state index contributed by atoms with van der Waals surface area (Å²) in [4.78, 5) is 0. The maximum Gasteiger partial charge on any atom is 0.132 e. The molecule has 0 unspecified atom stereocenters. The highest BCUT2D eigenvalue weighted by Gasteiger charge is 2.04. The first-order valence-corrected chi connectivity index (χ1v) is 9.72.